The zero-order chi connectivity index (χ0) is 28.4. The largest absolute Gasteiger partial charge is 0.415 e. The van der Waals surface area contributed by atoms with Gasteiger partial charge in [-0.1, -0.05) is 24.3 Å². The van der Waals surface area contributed by atoms with Crippen LogP contribution in [0.4, 0.5) is 23.7 Å². The van der Waals surface area contributed by atoms with Crippen LogP contribution in [0, 0.1) is 5.82 Å². The van der Waals surface area contributed by atoms with Crippen molar-refractivity contribution in [1.29, 1.82) is 0 Å². The fourth-order valence-corrected chi connectivity index (χ4v) is 5.85. The van der Waals surface area contributed by atoms with Gasteiger partial charge in [0.25, 0.3) is 5.89 Å². The molecule has 13 heteroatoms. The molecule has 3 aromatic rings. The topological polar surface area (TPSA) is 99.8 Å². The Bertz CT molecular complexity index is 1510. The zero-order valence-corrected chi connectivity index (χ0v) is 22.6. The molecule has 0 N–H and O–H groups in total. The lowest BCUT2D eigenvalue weighted by molar-refractivity contribution is 0.116. The average Bonchev–Trinajstić information content (AvgIpc) is 3.44. The van der Waals surface area contributed by atoms with Crippen LogP contribution < -0.4 is 4.90 Å². The number of nitrogens with zero attached hydrogens (tertiary/aromatic N) is 5. The van der Waals surface area contributed by atoms with E-state index in [2.05, 4.69) is 28.2 Å². The van der Waals surface area contributed by atoms with Crippen LogP contribution in [0.25, 0.3) is 17.0 Å². The van der Waals surface area contributed by atoms with E-state index < -0.39 is 34.0 Å². The minimum atomic E-state index is -3.21. The van der Waals surface area contributed by atoms with Gasteiger partial charge >= 0.3 is 12.5 Å². The van der Waals surface area contributed by atoms with Crippen LogP contribution in [-0.2, 0) is 16.4 Å². The van der Waals surface area contributed by atoms with Gasteiger partial charge in [-0.05, 0) is 48.9 Å². The Kier molecular flexibility index (Phi) is 7.95. The van der Waals surface area contributed by atoms with Gasteiger partial charge < -0.3 is 14.2 Å². The van der Waals surface area contributed by atoms with E-state index in [0.717, 1.165) is 31.1 Å². The third kappa shape index (κ3) is 6.20. The maximum atomic E-state index is 15.2. The third-order valence-electron chi connectivity index (χ3n) is 7.06. The molecule has 2 amide bonds. The quantitative estimate of drug-likeness (QED) is 0.430. The Labute approximate surface area is 229 Å². The predicted molar refractivity (Wildman–Crippen MR) is 143 cm³/mol. The second-order valence-electron chi connectivity index (χ2n) is 9.85. The molecule has 9 nitrogen and oxygen atoms in total. The van der Waals surface area contributed by atoms with E-state index in [1.165, 1.54) is 27.5 Å². The van der Waals surface area contributed by atoms with Crippen molar-refractivity contribution in [3.63, 3.8) is 0 Å². The molecule has 3 heterocycles. The van der Waals surface area contributed by atoms with Crippen molar-refractivity contribution in [1.82, 2.24) is 20.0 Å². The number of alkyl halides is 2. The lowest BCUT2D eigenvalue weighted by atomic mass is 9.99. The summed E-state index contributed by atoms with van der Waals surface area (Å²) in [7, 11) is -1.16. The third-order valence-corrected chi connectivity index (χ3v) is 8.67. The van der Waals surface area contributed by atoms with Gasteiger partial charge in [0, 0.05) is 43.0 Å². The van der Waals surface area contributed by atoms with Crippen LogP contribution in [0.2, 0.25) is 0 Å². The molecule has 1 aromatic heterocycles. The Morgan fingerprint density at radius 2 is 1.75 bits per heavy atom. The van der Waals surface area contributed by atoms with Crippen LogP contribution in [0.3, 0.4) is 0 Å². The number of aromatic nitrogens is 2. The van der Waals surface area contributed by atoms with E-state index in [1.807, 2.05) is 12.1 Å². The first-order valence-electron chi connectivity index (χ1n) is 12.7. The molecule has 0 aliphatic carbocycles. The minimum Gasteiger partial charge on any atom is -0.415 e. The maximum absolute atomic E-state index is 15.2. The van der Waals surface area contributed by atoms with E-state index in [9.17, 15) is 22.0 Å². The summed E-state index contributed by atoms with van der Waals surface area (Å²) in [5.41, 5.74) is 3.05. The molecule has 5 rings (SSSR count). The second kappa shape index (κ2) is 11.4. The van der Waals surface area contributed by atoms with E-state index in [4.69, 9.17) is 4.42 Å². The van der Waals surface area contributed by atoms with Crippen LogP contribution in [0.5, 0.6) is 0 Å². The first-order valence-corrected chi connectivity index (χ1v) is 14.6. The molecule has 2 aromatic carbocycles. The number of benzene rings is 2. The van der Waals surface area contributed by atoms with Gasteiger partial charge in [0.1, 0.15) is 5.82 Å². The molecule has 2 aliphatic heterocycles. The van der Waals surface area contributed by atoms with Crippen LogP contribution in [-0.4, -0.2) is 79.2 Å². The molecular weight excluding hydrogens is 547 g/mol. The number of hydrogen-bond donors (Lipinski definition) is 0. The van der Waals surface area contributed by atoms with Crippen molar-refractivity contribution in [2.75, 3.05) is 49.6 Å². The predicted octanol–water partition coefficient (Wildman–Crippen LogP) is 4.39. The average molecular weight is 576 g/mol. The van der Waals surface area contributed by atoms with E-state index in [0.29, 0.717) is 5.69 Å². The number of sulfone groups is 1. The Morgan fingerprint density at radius 3 is 2.35 bits per heavy atom. The summed E-state index contributed by atoms with van der Waals surface area (Å²) in [4.78, 5) is 18.7. The van der Waals surface area contributed by atoms with E-state index in [-0.39, 0.29) is 48.2 Å². The lowest BCUT2D eigenvalue weighted by Gasteiger charge is -2.33. The summed E-state index contributed by atoms with van der Waals surface area (Å²) in [5, 5.41) is 6.81. The summed E-state index contributed by atoms with van der Waals surface area (Å²) in [6.45, 7) is 1.73. The van der Waals surface area contributed by atoms with Crippen molar-refractivity contribution in [2.45, 2.75) is 19.4 Å². The molecule has 0 spiro atoms. The Hall–Kier alpha value is -3.71. The molecule has 0 unspecified atom stereocenters. The fourth-order valence-electron chi connectivity index (χ4n) is 4.65. The molecule has 40 heavy (non-hydrogen) atoms. The Balaban J connectivity index is 1.42. The summed E-state index contributed by atoms with van der Waals surface area (Å²) in [6.07, 6.45) is 0.119. The minimum absolute atomic E-state index is 0.0429. The highest BCUT2D eigenvalue weighted by Gasteiger charge is 2.30. The molecule has 1 saturated heterocycles. The van der Waals surface area contributed by atoms with Gasteiger partial charge in [0.05, 0.1) is 18.1 Å². The standard InChI is InChI=1S/C27H28F3N5O4S/c1-33-10-8-19(9-11-33)18-4-6-22(7-5-18)35(27(36)34-12-14-40(37,38)15-13-34)17-21-3-2-20(16-23(21)28)25-31-32-26(39-25)24(29)30/h2-8,16,24H,9-15,17H2,1H3. The number of hydrogen-bond acceptors (Lipinski definition) is 7. The van der Waals surface area contributed by atoms with Crippen molar-refractivity contribution in [3.05, 3.63) is 71.4 Å². The number of carbonyl (C=O) groups excluding carboxylic acids is 1. The number of anilines is 1. The molecule has 0 radical (unpaired) electrons. The number of rotatable bonds is 6. The zero-order valence-electron chi connectivity index (χ0n) is 21.8. The molecule has 212 valence electrons. The maximum Gasteiger partial charge on any atom is 0.324 e. The van der Waals surface area contributed by atoms with Crippen LogP contribution >= 0.6 is 0 Å². The second-order valence-corrected chi connectivity index (χ2v) is 12.2. The highest BCUT2D eigenvalue weighted by molar-refractivity contribution is 7.91. The highest BCUT2D eigenvalue weighted by atomic mass is 32.2. The lowest BCUT2D eigenvalue weighted by Crippen LogP contribution is -2.49. The first-order chi connectivity index (χ1) is 19.1. The number of likely N-dealkylation sites (N-methyl/N-ethyl adjacent to an activating group) is 1. The number of amides is 2. The van der Waals surface area contributed by atoms with Crippen LogP contribution in [0.1, 0.15) is 29.9 Å². The van der Waals surface area contributed by atoms with E-state index >= 15 is 4.39 Å². The van der Waals surface area contributed by atoms with Gasteiger partial charge in [-0.3, -0.25) is 4.90 Å². The van der Waals surface area contributed by atoms with Gasteiger partial charge in [-0.25, -0.2) is 17.6 Å². The SMILES string of the molecule is CN1CC=C(c2ccc(N(Cc3ccc(-c4nnc(C(F)F)o4)cc3F)C(=O)N3CCS(=O)(=O)CC3)cc2)CC1. The Morgan fingerprint density at radius 1 is 1.05 bits per heavy atom. The number of halogens is 3. The van der Waals surface area contributed by atoms with Gasteiger partial charge in [-0.2, -0.15) is 8.78 Å². The molecule has 0 atom stereocenters. The summed E-state index contributed by atoms with van der Waals surface area (Å²) < 4.78 is 69.6. The molecule has 0 saturated carbocycles. The van der Waals surface area contributed by atoms with Gasteiger partial charge in [0.2, 0.25) is 5.89 Å². The summed E-state index contributed by atoms with van der Waals surface area (Å²) >= 11 is 0. The monoisotopic (exact) mass is 575 g/mol. The van der Waals surface area contributed by atoms with E-state index in [1.54, 1.807) is 12.1 Å². The molecule has 1 fully saturated rings. The molecular formula is C27H28F3N5O4S. The molecule has 2 aliphatic rings. The number of urea groups is 1. The summed E-state index contributed by atoms with van der Waals surface area (Å²) in [5.74, 6) is -2.08. The van der Waals surface area contributed by atoms with Crippen molar-refractivity contribution in [2.24, 2.45) is 0 Å². The highest BCUT2D eigenvalue weighted by Crippen LogP contribution is 2.29. The summed E-state index contributed by atoms with van der Waals surface area (Å²) in [6, 6.07) is 11.0. The first kappa shape index (κ1) is 27.8. The number of carbonyl (C=O) groups is 1. The van der Waals surface area contributed by atoms with Gasteiger partial charge in [-0.15, -0.1) is 10.2 Å². The van der Waals surface area contributed by atoms with Crippen molar-refractivity contribution < 1.29 is 30.8 Å². The van der Waals surface area contributed by atoms with Gasteiger partial charge in [0.15, 0.2) is 9.84 Å². The van der Waals surface area contributed by atoms with Crippen LogP contribution in [0.15, 0.2) is 53.0 Å². The smallest absolute Gasteiger partial charge is 0.324 e. The fraction of sp³-hybridized carbons (Fsp3) is 0.370. The molecule has 0 bridgehead atoms. The normalized spacial score (nSPS) is 17.6. The van der Waals surface area contributed by atoms with Crippen molar-refractivity contribution in [3.8, 4) is 11.5 Å². The van der Waals surface area contributed by atoms with Crippen molar-refractivity contribution >= 4 is 27.1 Å².